The van der Waals surface area contributed by atoms with Crippen LogP contribution in [-0.2, 0) is 27.8 Å². The lowest BCUT2D eigenvalue weighted by Gasteiger charge is -2.19. The minimum atomic E-state index is -4.14. The third-order valence-electron chi connectivity index (χ3n) is 7.64. The number of para-hydroxylation sites is 1. The van der Waals surface area contributed by atoms with E-state index in [0.29, 0.717) is 12.1 Å². The number of fused-ring (bicyclic) bond motifs is 1. The molecule has 0 bridgehead atoms. The van der Waals surface area contributed by atoms with Crippen molar-refractivity contribution in [1.82, 2.24) is 14.6 Å². The number of amides is 2. The van der Waals surface area contributed by atoms with Crippen LogP contribution >= 0.6 is 0 Å². The molecule has 0 spiro atoms. The van der Waals surface area contributed by atoms with Crippen molar-refractivity contribution in [2.24, 2.45) is 0 Å². The van der Waals surface area contributed by atoms with Gasteiger partial charge in [-0.15, -0.1) is 0 Å². The summed E-state index contributed by atoms with van der Waals surface area (Å²) in [4.78, 5) is 27.2. The van der Waals surface area contributed by atoms with Gasteiger partial charge in [0.05, 0.1) is 10.5 Å². The maximum atomic E-state index is 13.8. The van der Waals surface area contributed by atoms with Crippen molar-refractivity contribution in [3.8, 4) is 11.1 Å². The first-order chi connectivity index (χ1) is 21.9. The number of benzene rings is 5. The highest BCUT2D eigenvalue weighted by Gasteiger charge is 2.28. The van der Waals surface area contributed by atoms with Crippen LogP contribution in [0.1, 0.15) is 21.5 Å². The fourth-order valence-electron chi connectivity index (χ4n) is 5.35. The number of nitrogens with zero attached hydrogens (tertiary/aromatic N) is 1. The van der Waals surface area contributed by atoms with Gasteiger partial charge in [-0.05, 0) is 40.5 Å². The van der Waals surface area contributed by atoms with Gasteiger partial charge >= 0.3 is 0 Å². The van der Waals surface area contributed by atoms with Crippen molar-refractivity contribution in [3.05, 3.63) is 162 Å². The molecule has 6 rings (SSSR count). The third-order valence-corrected chi connectivity index (χ3v) is 9.00. The second kappa shape index (κ2) is 13.0. The van der Waals surface area contributed by atoms with Crippen LogP contribution in [0, 0.1) is 0 Å². The first-order valence-electron chi connectivity index (χ1n) is 14.6. The van der Waals surface area contributed by atoms with Crippen LogP contribution in [0.25, 0.3) is 22.0 Å². The van der Waals surface area contributed by atoms with Gasteiger partial charge < -0.3 is 9.88 Å². The molecule has 0 fully saturated rings. The second-order valence-electron chi connectivity index (χ2n) is 10.7. The molecule has 224 valence electrons. The molecule has 45 heavy (non-hydrogen) atoms. The zero-order valence-corrected chi connectivity index (χ0v) is 25.2. The summed E-state index contributed by atoms with van der Waals surface area (Å²) in [5, 5.41) is 3.55. The Labute approximate surface area is 262 Å². The molecular formula is C37H31N3O4S. The van der Waals surface area contributed by atoms with Crippen molar-refractivity contribution in [2.45, 2.75) is 23.9 Å². The summed E-state index contributed by atoms with van der Waals surface area (Å²) in [5.41, 5.74) is 5.36. The van der Waals surface area contributed by atoms with Gasteiger partial charge in [-0.2, -0.15) is 0 Å². The van der Waals surface area contributed by atoms with E-state index < -0.39 is 27.9 Å². The van der Waals surface area contributed by atoms with Crippen molar-refractivity contribution in [3.63, 3.8) is 0 Å². The molecule has 1 heterocycles. The number of nitrogens with one attached hydrogen (secondary N) is 2. The Morgan fingerprint density at radius 1 is 0.644 bits per heavy atom. The van der Waals surface area contributed by atoms with Gasteiger partial charge in [0.2, 0.25) is 0 Å². The molecule has 5 aromatic carbocycles. The lowest BCUT2D eigenvalue weighted by Crippen LogP contribution is -2.49. The zero-order valence-electron chi connectivity index (χ0n) is 24.3. The van der Waals surface area contributed by atoms with Crippen LogP contribution in [0.15, 0.2) is 151 Å². The summed E-state index contributed by atoms with van der Waals surface area (Å²) < 4.78 is 30.1. The topological polar surface area (TPSA) is 97.3 Å². The van der Waals surface area contributed by atoms with E-state index in [1.165, 1.54) is 12.1 Å². The van der Waals surface area contributed by atoms with Gasteiger partial charge in [0.25, 0.3) is 21.8 Å². The lowest BCUT2D eigenvalue weighted by atomic mass is 10.0. The average Bonchev–Trinajstić information content (AvgIpc) is 3.44. The molecule has 7 nitrogen and oxygen atoms in total. The van der Waals surface area contributed by atoms with Crippen LogP contribution in [-0.4, -0.2) is 30.8 Å². The summed E-state index contributed by atoms with van der Waals surface area (Å²) >= 11 is 0. The standard InChI is InChI=1S/C37H31N3O4S/c41-36(38-34(24-27-12-4-1-5-13-27)37(42)39-45(43,44)31-16-8-3-9-17-31)33-26-40(35-19-11-10-18-32(33)35)25-28-20-22-30(23-21-28)29-14-6-2-7-15-29/h1-23,26,34H,24-25H2,(H,38,41)(H,39,42)/t34-/m0/s1. The van der Waals surface area contributed by atoms with Gasteiger partial charge in [0.1, 0.15) is 6.04 Å². The second-order valence-corrected chi connectivity index (χ2v) is 12.4. The minimum absolute atomic E-state index is 0.0389. The van der Waals surface area contributed by atoms with Gasteiger partial charge in [-0.25, -0.2) is 13.1 Å². The first-order valence-corrected chi connectivity index (χ1v) is 16.0. The molecule has 0 saturated heterocycles. The molecule has 0 radical (unpaired) electrons. The fourth-order valence-corrected chi connectivity index (χ4v) is 6.39. The number of sulfonamides is 1. The van der Waals surface area contributed by atoms with Gasteiger partial charge in [-0.1, -0.05) is 121 Å². The van der Waals surface area contributed by atoms with E-state index in [4.69, 9.17) is 0 Å². The quantitative estimate of drug-likeness (QED) is 0.192. The summed E-state index contributed by atoms with van der Waals surface area (Å²) in [5.74, 6) is -1.30. The highest BCUT2D eigenvalue weighted by molar-refractivity contribution is 7.90. The number of hydrogen-bond donors (Lipinski definition) is 2. The highest BCUT2D eigenvalue weighted by Crippen LogP contribution is 2.24. The Morgan fingerprint density at radius 2 is 1.22 bits per heavy atom. The molecular weight excluding hydrogens is 582 g/mol. The van der Waals surface area contributed by atoms with Crippen LogP contribution in [0.2, 0.25) is 0 Å². The fraction of sp³-hybridized carbons (Fsp3) is 0.0811. The predicted molar refractivity (Wildman–Crippen MR) is 176 cm³/mol. The summed E-state index contributed by atoms with van der Waals surface area (Å²) in [7, 11) is -4.14. The highest BCUT2D eigenvalue weighted by atomic mass is 32.2. The minimum Gasteiger partial charge on any atom is -0.342 e. The van der Waals surface area contributed by atoms with E-state index >= 15 is 0 Å². The van der Waals surface area contributed by atoms with Crippen LogP contribution in [0.4, 0.5) is 0 Å². The van der Waals surface area contributed by atoms with Gasteiger partial charge in [0, 0.05) is 30.1 Å². The van der Waals surface area contributed by atoms with E-state index in [1.807, 2.05) is 77.4 Å². The van der Waals surface area contributed by atoms with Crippen LogP contribution in [0.3, 0.4) is 0 Å². The predicted octanol–water partition coefficient (Wildman–Crippen LogP) is 6.20. The Hall–Kier alpha value is -5.47. The lowest BCUT2D eigenvalue weighted by molar-refractivity contribution is -0.121. The SMILES string of the molecule is O=C(N[C@@H](Cc1ccccc1)C(=O)NS(=O)(=O)c1ccccc1)c1cn(Cc2ccc(-c3ccccc3)cc2)c2ccccc12. The maximum absolute atomic E-state index is 13.8. The monoisotopic (exact) mass is 613 g/mol. The Kier molecular flexibility index (Phi) is 8.57. The van der Waals surface area contributed by atoms with E-state index in [-0.39, 0.29) is 11.3 Å². The van der Waals surface area contributed by atoms with E-state index in [0.717, 1.165) is 33.2 Å². The van der Waals surface area contributed by atoms with E-state index in [9.17, 15) is 18.0 Å². The molecule has 0 aliphatic carbocycles. The summed E-state index contributed by atoms with van der Waals surface area (Å²) in [6, 6.07) is 41.7. The van der Waals surface area contributed by atoms with Crippen molar-refractivity contribution >= 4 is 32.7 Å². The molecule has 1 atom stereocenters. The number of hydrogen-bond acceptors (Lipinski definition) is 4. The molecule has 0 aliphatic heterocycles. The molecule has 8 heteroatoms. The Morgan fingerprint density at radius 3 is 1.91 bits per heavy atom. The molecule has 1 aromatic heterocycles. The smallest absolute Gasteiger partial charge is 0.264 e. The maximum Gasteiger partial charge on any atom is 0.264 e. The van der Waals surface area contributed by atoms with E-state index in [2.05, 4.69) is 46.4 Å². The summed E-state index contributed by atoms with van der Waals surface area (Å²) in [6.45, 7) is 0.534. The zero-order chi connectivity index (χ0) is 31.2. The van der Waals surface area contributed by atoms with Crippen molar-refractivity contribution < 1.29 is 18.0 Å². The largest absolute Gasteiger partial charge is 0.342 e. The summed E-state index contributed by atoms with van der Waals surface area (Å²) in [6.07, 6.45) is 1.89. The molecule has 2 amide bonds. The van der Waals surface area contributed by atoms with Crippen LogP contribution in [0.5, 0.6) is 0 Å². The molecule has 0 aliphatic rings. The van der Waals surface area contributed by atoms with E-state index in [1.54, 1.807) is 24.4 Å². The van der Waals surface area contributed by atoms with Crippen LogP contribution < -0.4 is 10.0 Å². The van der Waals surface area contributed by atoms with Crippen molar-refractivity contribution in [1.29, 1.82) is 0 Å². The molecule has 6 aromatic rings. The molecule has 0 unspecified atom stereocenters. The average molecular weight is 614 g/mol. The number of carbonyl (C=O) groups is 2. The Balaban J connectivity index is 1.26. The normalized spacial score (nSPS) is 12.0. The van der Waals surface area contributed by atoms with Gasteiger partial charge in [0.15, 0.2) is 0 Å². The van der Waals surface area contributed by atoms with Gasteiger partial charge in [-0.3, -0.25) is 9.59 Å². The number of aromatic nitrogens is 1. The third kappa shape index (κ3) is 6.87. The molecule has 2 N–H and O–H groups in total. The molecule has 0 saturated carbocycles. The first kappa shape index (κ1) is 29.6. The number of carbonyl (C=O) groups excluding carboxylic acids is 2. The number of rotatable bonds is 10. The Bertz CT molecular complexity index is 2040. The van der Waals surface area contributed by atoms with Crippen molar-refractivity contribution in [2.75, 3.05) is 0 Å².